The number of amides is 1. The molecule has 0 spiro atoms. The van der Waals surface area contributed by atoms with Gasteiger partial charge in [0.1, 0.15) is 0 Å². The average molecular weight is 276 g/mol. The zero-order valence-electron chi connectivity index (χ0n) is 12.3. The minimum absolute atomic E-state index is 0.0840. The monoisotopic (exact) mass is 276 g/mol. The first-order chi connectivity index (χ1) is 9.47. The molecular formula is C15H20N2O3. The van der Waals surface area contributed by atoms with Gasteiger partial charge in [-0.1, -0.05) is 13.8 Å². The smallest absolute Gasteiger partial charge is 0.258 e. The summed E-state index contributed by atoms with van der Waals surface area (Å²) in [6, 6.07) is 6.92. The van der Waals surface area contributed by atoms with Gasteiger partial charge in [0.25, 0.3) is 5.91 Å². The first-order valence-electron chi connectivity index (χ1n) is 6.48. The van der Waals surface area contributed by atoms with Crippen LogP contribution in [0, 0.1) is 17.2 Å². The van der Waals surface area contributed by atoms with Gasteiger partial charge in [0.2, 0.25) is 0 Å². The lowest BCUT2D eigenvalue weighted by Gasteiger charge is -2.18. The maximum absolute atomic E-state index is 11.7. The minimum Gasteiger partial charge on any atom is -0.493 e. The molecule has 1 aromatic rings. The Morgan fingerprint density at radius 3 is 2.60 bits per heavy atom. The molecule has 108 valence electrons. The fourth-order valence-corrected chi connectivity index (χ4v) is 1.46. The summed E-state index contributed by atoms with van der Waals surface area (Å²) >= 11 is 0. The van der Waals surface area contributed by atoms with Crippen molar-refractivity contribution in [2.45, 2.75) is 26.8 Å². The highest BCUT2D eigenvalue weighted by Crippen LogP contribution is 2.27. The van der Waals surface area contributed by atoms with Gasteiger partial charge in [0.15, 0.2) is 18.1 Å². The van der Waals surface area contributed by atoms with Gasteiger partial charge in [-0.2, -0.15) is 5.26 Å². The molecule has 0 radical (unpaired) electrons. The van der Waals surface area contributed by atoms with Gasteiger partial charge in [0, 0.05) is 12.1 Å². The van der Waals surface area contributed by atoms with E-state index in [4.69, 9.17) is 14.7 Å². The number of ether oxygens (including phenoxy) is 2. The Morgan fingerprint density at radius 1 is 1.35 bits per heavy atom. The molecule has 0 fully saturated rings. The second-order valence-corrected chi connectivity index (χ2v) is 4.87. The molecule has 0 saturated carbocycles. The normalized spacial score (nSPS) is 11.6. The van der Waals surface area contributed by atoms with Crippen LogP contribution in [0.25, 0.3) is 0 Å². The lowest BCUT2D eigenvalue weighted by Crippen LogP contribution is -2.38. The van der Waals surface area contributed by atoms with Gasteiger partial charge in [0.05, 0.1) is 18.7 Å². The van der Waals surface area contributed by atoms with Crippen LogP contribution < -0.4 is 14.8 Å². The van der Waals surface area contributed by atoms with Crippen LogP contribution in [-0.4, -0.2) is 25.7 Å². The Balaban J connectivity index is 2.62. The van der Waals surface area contributed by atoms with Gasteiger partial charge in [-0.3, -0.25) is 4.79 Å². The van der Waals surface area contributed by atoms with E-state index in [1.54, 1.807) is 18.2 Å². The fourth-order valence-electron chi connectivity index (χ4n) is 1.46. The SMILES string of the molecule is COc1cc(C#N)ccc1OCC(=O)N[C@@H](C)C(C)C. The molecule has 0 aliphatic rings. The summed E-state index contributed by atoms with van der Waals surface area (Å²) in [5.74, 6) is 1.06. The highest BCUT2D eigenvalue weighted by atomic mass is 16.5. The van der Waals surface area contributed by atoms with Crippen LogP contribution in [0.3, 0.4) is 0 Å². The zero-order valence-corrected chi connectivity index (χ0v) is 12.3. The molecule has 20 heavy (non-hydrogen) atoms. The molecule has 5 heteroatoms. The third-order valence-corrected chi connectivity index (χ3v) is 3.04. The molecule has 5 nitrogen and oxygen atoms in total. The molecule has 1 N–H and O–H groups in total. The molecule has 0 saturated heterocycles. The summed E-state index contributed by atoms with van der Waals surface area (Å²) in [5.41, 5.74) is 0.479. The average Bonchev–Trinajstić information content (AvgIpc) is 2.44. The molecule has 1 aromatic carbocycles. The zero-order chi connectivity index (χ0) is 15.1. The Bertz CT molecular complexity index is 506. The lowest BCUT2D eigenvalue weighted by atomic mass is 10.1. The number of benzene rings is 1. The number of nitriles is 1. The number of hydrogen-bond donors (Lipinski definition) is 1. The van der Waals surface area contributed by atoms with Crippen molar-refractivity contribution in [3.63, 3.8) is 0 Å². The molecule has 1 amide bonds. The second kappa shape index (κ2) is 7.39. The van der Waals surface area contributed by atoms with E-state index >= 15 is 0 Å². The molecule has 1 rings (SSSR count). The highest BCUT2D eigenvalue weighted by Gasteiger charge is 2.12. The summed E-state index contributed by atoms with van der Waals surface area (Å²) in [6.07, 6.45) is 0. The van der Waals surface area contributed by atoms with Crippen molar-refractivity contribution >= 4 is 5.91 Å². The van der Waals surface area contributed by atoms with Crippen LogP contribution in [0.5, 0.6) is 11.5 Å². The third-order valence-electron chi connectivity index (χ3n) is 3.04. The summed E-state index contributed by atoms with van der Waals surface area (Å²) in [5, 5.41) is 11.7. The summed E-state index contributed by atoms with van der Waals surface area (Å²) in [7, 11) is 1.49. The molecule has 0 unspecified atom stereocenters. The van der Waals surface area contributed by atoms with Gasteiger partial charge in [-0.05, 0) is 25.0 Å². The molecule has 0 aliphatic heterocycles. The molecule has 0 heterocycles. The van der Waals surface area contributed by atoms with Crippen molar-refractivity contribution in [1.29, 1.82) is 5.26 Å². The summed E-state index contributed by atoms with van der Waals surface area (Å²) in [6.45, 7) is 5.94. The maximum atomic E-state index is 11.7. The van der Waals surface area contributed by atoms with E-state index in [9.17, 15) is 4.79 Å². The third kappa shape index (κ3) is 4.47. The van der Waals surface area contributed by atoms with Gasteiger partial charge in [-0.15, -0.1) is 0 Å². The van der Waals surface area contributed by atoms with E-state index < -0.39 is 0 Å². The van der Waals surface area contributed by atoms with Crippen LogP contribution in [0.4, 0.5) is 0 Å². The van der Waals surface area contributed by atoms with E-state index in [1.807, 2.05) is 26.8 Å². The Hall–Kier alpha value is -2.22. The predicted octanol–water partition coefficient (Wildman–Crippen LogP) is 2.11. The van der Waals surface area contributed by atoms with Crippen LogP contribution in [0.1, 0.15) is 26.3 Å². The standard InChI is InChI=1S/C15H20N2O3/c1-10(2)11(3)17-15(18)9-20-13-6-5-12(8-16)7-14(13)19-4/h5-7,10-11H,9H2,1-4H3,(H,17,18)/t11-/m0/s1. The first kappa shape index (κ1) is 15.8. The molecule has 0 bridgehead atoms. The number of methoxy groups -OCH3 is 1. The van der Waals surface area contributed by atoms with Gasteiger partial charge in [-0.25, -0.2) is 0 Å². The van der Waals surface area contributed by atoms with Crippen LogP contribution in [-0.2, 0) is 4.79 Å². The van der Waals surface area contributed by atoms with Crippen LogP contribution in [0.15, 0.2) is 18.2 Å². The Labute approximate surface area is 119 Å². The number of nitrogens with zero attached hydrogens (tertiary/aromatic N) is 1. The minimum atomic E-state index is -0.183. The fraction of sp³-hybridized carbons (Fsp3) is 0.467. The van der Waals surface area contributed by atoms with Crippen molar-refractivity contribution in [3.8, 4) is 17.6 Å². The highest BCUT2D eigenvalue weighted by molar-refractivity contribution is 5.77. The van der Waals surface area contributed by atoms with Gasteiger partial charge >= 0.3 is 0 Å². The molecule has 1 atom stereocenters. The molecular weight excluding hydrogens is 256 g/mol. The van der Waals surface area contributed by atoms with E-state index in [-0.39, 0.29) is 18.6 Å². The van der Waals surface area contributed by atoms with Crippen molar-refractivity contribution < 1.29 is 14.3 Å². The van der Waals surface area contributed by atoms with E-state index in [0.29, 0.717) is 23.0 Å². The Kier molecular flexibility index (Phi) is 5.85. The van der Waals surface area contributed by atoms with Gasteiger partial charge < -0.3 is 14.8 Å². The molecule has 0 aromatic heterocycles. The van der Waals surface area contributed by atoms with Crippen molar-refractivity contribution in [2.24, 2.45) is 5.92 Å². The predicted molar refractivity (Wildman–Crippen MR) is 75.6 cm³/mol. The van der Waals surface area contributed by atoms with Crippen molar-refractivity contribution in [3.05, 3.63) is 23.8 Å². The maximum Gasteiger partial charge on any atom is 0.258 e. The summed E-state index contributed by atoms with van der Waals surface area (Å²) < 4.78 is 10.6. The number of carbonyl (C=O) groups is 1. The second-order valence-electron chi connectivity index (χ2n) is 4.87. The number of hydrogen-bond acceptors (Lipinski definition) is 4. The topological polar surface area (TPSA) is 71.3 Å². The van der Waals surface area contributed by atoms with E-state index in [2.05, 4.69) is 5.32 Å². The lowest BCUT2D eigenvalue weighted by molar-refractivity contribution is -0.124. The number of carbonyl (C=O) groups excluding carboxylic acids is 1. The van der Waals surface area contributed by atoms with Crippen molar-refractivity contribution in [2.75, 3.05) is 13.7 Å². The van der Waals surface area contributed by atoms with E-state index in [0.717, 1.165) is 0 Å². The number of rotatable bonds is 6. The van der Waals surface area contributed by atoms with E-state index in [1.165, 1.54) is 7.11 Å². The van der Waals surface area contributed by atoms with Crippen LogP contribution >= 0.6 is 0 Å². The molecule has 0 aliphatic carbocycles. The first-order valence-corrected chi connectivity index (χ1v) is 6.48. The Morgan fingerprint density at radius 2 is 2.05 bits per heavy atom. The summed E-state index contributed by atoms with van der Waals surface area (Å²) in [4.78, 5) is 11.7. The largest absolute Gasteiger partial charge is 0.493 e. The number of nitrogens with one attached hydrogen (secondary N) is 1. The van der Waals surface area contributed by atoms with Crippen LogP contribution in [0.2, 0.25) is 0 Å². The van der Waals surface area contributed by atoms with Crippen molar-refractivity contribution in [1.82, 2.24) is 5.32 Å². The quantitative estimate of drug-likeness (QED) is 0.863.